The Morgan fingerprint density at radius 1 is 1.23 bits per heavy atom. The molecule has 5 heteroatoms. The number of amides is 2. The van der Waals surface area contributed by atoms with Gasteiger partial charge in [-0.2, -0.15) is 0 Å². The molecule has 0 aliphatic carbocycles. The van der Waals surface area contributed by atoms with Crippen molar-refractivity contribution in [2.45, 2.75) is 45.6 Å². The second-order valence-corrected chi connectivity index (χ2v) is 6.31. The zero-order valence-corrected chi connectivity index (χ0v) is 13.8. The van der Waals surface area contributed by atoms with Gasteiger partial charge in [0.25, 0.3) is 0 Å². The van der Waals surface area contributed by atoms with Crippen LogP contribution in [0, 0.1) is 0 Å². The second-order valence-electron chi connectivity index (χ2n) is 6.31. The van der Waals surface area contributed by atoms with Crippen LogP contribution < -0.4 is 11.1 Å². The van der Waals surface area contributed by atoms with Crippen molar-refractivity contribution < 1.29 is 14.3 Å². The summed E-state index contributed by atoms with van der Waals surface area (Å²) in [6.07, 6.45) is 0.373. The molecular weight excluding hydrogens is 280 g/mol. The molecule has 5 nitrogen and oxygen atoms in total. The number of primary amides is 1. The van der Waals surface area contributed by atoms with Gasteiger partial charge >= 0.3 is 0 Å². The van der Waals surface area contributed by atoms with E-state index in [1.54, 1.807) is 6.92 Å². The van der Waals surface area contributed by atoms with Crippen LogP contribution in [0.3, 0.4) is 0 Å². The van der Waals surface area contributed by atoms with Crippen molar-refractivity contribution in [1.82, 2.24) is 5.32 Å². The van der Waals surface area contributed by atoms with E-state index in [1.807, 2.05) is 24.3 Å². The molecule has 0 fully saturated rings. The van der Waals surface area contributed by atoms with Crippen molar-refractivity contribution in [2.75, 3.05) is 13.2 Å². The highest BCUT2D eigenvalue weighted by Crippen LogP contribution is 2.22. The average Bonchev–Trinajstić information content (AvgIpc) is 2.44. The molecule has 0 heterocycles. The van der Waals surface area contributed by atoms with Crippen LogP contribution in [0.25, 0.3) is 0 Å². The highest BCUT2D eigenvalue weighted by atomic mass is 16.5. The van der Waals surface area contributed by atoms with E-state index < -0.39 is 11.9 Å². The van der Waals surface area contributed by atoms with Gasteiger partial charge in [0.15, 0.2) is 0 Å². The Morgan fingerprint density at radius 2 is 1.82 bits per heavy atom. The lowest BCUT2D eigenvalue weighted by Gasteiger charge is -2.20. The minimum atomic E-state index is -0.728. The van der Waals surface area contributed by atoms with Gasteiger partial charge in [-0.3, -0.25) is 9.59 Å². The smallest absolute Gasteiger partial charge is 0.246 e. The molecule has 0 unspecified atom stereocenters. The summed E-state index contributed by atoms with van der Waals surface area (Å²) >= 11 is 0. The van der Waals surface area contributed by atoms with Crippen molar-refractivity contribution >= 4 is 11.8 Å². The van der Waals surface area contributed by atoms with E-state index in [2.05, 4.69) is 26.1 Å². The molecule has 0 aromatic heterocycles. The van der Waals surface area contributed by atoms with Gasteiger partial charge in [0, 0.05) is 13.0 Å². The second kappa shape index (κ2) is 7.94. The maximum Gasteiger partial charge on any atom is 0.246 e. The van der Waals surface area contributed by atoms with Gasteiger partial charge in [0.2, 0.25) is 11.8 Å². The van der Waals surface area contributed by atoms with E-state index in [0.717, 1.165) is 5.56 Å². The first-order chi connectivity index (χ1) is 10.2. The van der Waals surface area contributed by atoms with Crippen LogP contribution in [0.4, 0.5) is 0 Å². The average molecular weight is 306 g/mol. The van der Waals surface area contributed by atoms with Gasteiger partial charge in [-0.25, -0.2) is 0 Å². The molecule has 0 spiro atoms. The van der Waals surface area contributed by atoms with Crippen LogP contribution in [-0.2, 0) is 26.2 Å². The third kappa shape index (κ3) is 5.85. The molecule has 1 aromatic carbocycles. The number of ether oxygens (including phenoxy) is 1. The molecule has 0 aliphatic heterocycles. The van der Waals surface area contributed by atoms with E-state index in [0.29, 0.717) is 13.0 Å². The van der Waals surface area contributed by atoms with Crippen molar-refractivity contribution in [2.24, 2.45) is 5.73 Å². The van der Waals surface area contributed by atoms with Crippen molar-refractivity contribution in [3.05, 3.63) is 35.4 Å². The minimum absolute atomic E-state index is 0.0662. The fourth-order valence-electron chi connectivity index (χ4n) is 2.03. The number of carbonyl (C=O) groups is 2. The van der Waals surface area contributed by atoms with Crippen molar-refractivity contribution in [3.8, 4) is 0 Å². The molecule has 1 atom stereocenters. The first-order valence-corrected chi connectivity index (χ1v) is 7.50. The predicted molar refractivity (Wildman–Crippen MR) is 86.5 cm³/mol. The highest BCUT2D eigenvalue weighted by Gasteiger charge is 2.19. The summed E-state index contributed by atoms with van der Waals surface area (Å²) in [5.74, 6) is -0.887. The van der Waals surface area contributed by atoms with E-state index >= 15 is 0 Å². The van der Waals surface area contributed by atoms with Gasteiger partial charge < -0.3 is 15.8 Å². The topological polar surface area (TPSA) is 81.4 Å². The predicted octanol–water partition coefficient (Wildman–Crippen LogP) is 1.53. The zero-order valence-electron chi connectivity index (χ0n) is 13.8. The number of carbonyl (C=O) groups excluding carboxylic acids is 2. The van der Waals surface area contributed by atoms with Crippen LogP contribution in [-0.4, -0.2) is 31.1 Å². The van der Waals surface area contributed by atoms with Crippen LogP contribution in [0.1, 0.15) is 38.8 Å². The van der Waals surface area contributed by atoms with Crippen LogP contribution in [0.15, 0.2) is 24.3 Å². The quantitative estimate of drug-likeness (QED) is 0.801. The Hall–Kier alpha value is -1.88. The van der Waals surface area contributed by atoms with Crippen molar-refractivity contribution in [1.29, 1.82) is 0 Å². The Morgan fingerprint density at radius 3 is 2.27 bits per heavy atom. The van der Waals surface area contributed by atoms with Crippen molar-refractivity contribution in [3.63, 3.8) is 0 Å². The number of nitrogens with one attached hydrogen (secondary N) is 1. The SMILES string of the molecule is CCOCC(=O)N[C@@H](Cc1ccc(C(C)(C)C)cc1)C(N)=O. The largest absolute Gasteiger partial charge is 0.372 e. The Balaban J connectivity index is 2.71. The molecule has 22 heavy (non-hydrogen) atoms. The fraction of sp³-hybridized carbons (Fsp3) is 0.529. The standard InChI is InChI=1S/C17H26N2O3/c1-5-22-11-15(20)19-14(16(18)21)10-12-6-8-13(9-7-12)17(2,3)4/h6-9,14H,5,10-11H2,1-4H3,(H2,18,21)(H,19,20)/t14-/m0/s1. The molecule has 1 aromatic rings. The Bertz CT molecular complexity index is 504. The molecule has 0 aliphatic rings. The first kappa shape index (κ1) is 18.2. The summed E-state index contributed by atoms with van der Waals surface area (Å²) in [4.78, 5) is 23.2. The lowest BCUT2D eigenvalue weighted by atomic mass is 9.86. The molecule has 0 saturated heterocycles. The lowest BCUT2D eigenvalue weighted by Crippen LogP contribution is -2.47. The van der Waals surface area contributed by atoms with E-state index in [9.17, 15) is 9.59 Å². The molecule has 0 bridgehead atoms. The molecule has 122 valence electrons. The number of benzene rings is 1. The Kier molecular flexibility index (Phi) is 6.56. The molecule has 3 N–H and O–H groups in total. The maximum absolute atomic E-state index is 11.6. The zero-order chi connectivity index (χ0) is 16.8. The number of nitrogens with two attached hydrogens (primary N) is 1. The van der Waals surface area contributed by atoms with Gasteiger partial charge in [-0.05, 0) is 23.5 Å². The number of hydrogen-bond donors (Lipinski definition) is 2. The van der Waals surface area contributed by atoms with Gasteiger partial charge in [0.05, 0.1) is 0 Å². The third-order valence-electron chi connectivity index (χ3n) is 3.38. The van der Waals surface area contributed by atoms with Crippen LogP contribution in [0.2, 0.25) is 0 Å². The monoisotopic (exact) mass is 306 g/mol. The minimum Gasteiger partial charge on any atom is -0.372 e. The van der Waals surface area contributed by atoms with Gasteiger partial charge in [0.1, 0.15) is 12.6 Å². The first-order valence-electron chi connectivity index (χ1n) is 7.50. The maximum atomic E-state index is 11.6. The highest BCUT2D eigenvalue weighted by molar-refractivity contribution is 5.87. The van der Waals surface area contributed by atoms with Crippen LogP contribution >= 0.6 is 0 Å². The Labute approximate surface area is 132 Å². The molecule has 0 radical (unpaired) electrons. The summed E-state index contributed by atoms with van der Waals surface area (Å²) in [5, 5.41) is 2.61. The lowest BCUT2D eigenvalue weighted by molar-refractivity contribution is -0.130. The third-order valence-corrected chi connectivity index (χ3v) is 3.38. The summed E-state index contributed by atoms with van der Waals surface area (Å²) in [5.41, 5.74) is 7.61. The number of hydrogen-bond acceptors (Lipinski definition) is 3. The molecule has 1 rings (SSSR count). The van der Waals surface area contributed by atoms with E-state index in [1.165, 1.54) is 5.56 Å². The van der Waals surface area contributed by atoms with Crippen LogP contribution in [0.5, 0.6) is 0 Å². The molecular formula is C17H26N2O3. The molecule has 0 saturated carbocycles. The summed E-state index contributed by atoms with van der Waals surface area (Å²) < 4.78 is 5.02. The summed E-state index contributed by atoms with van der Waals surface area (Å²) in [6.45, 7) is 8.61. The molecule has 2 amide bonds. The summed E-state index contributed by atoms with van der Waals surface area (Å²) in [7, 11) is 0. The summed E-state index contributed by atoms with van der Waals surface area (Å²) in [6, 6.07) is 7.27. The number of rotatable bonds is 7. The van der Waals surface area contributed by atoms with E-state index in [-0.39, 0.29) is 17.9 Å². The fourth-order valence-corrected chi connectivity index (χ4v) is 2.03. The normalized spacial score (nSPS) is 12.7. The van der Waals surface area contributed by atoms with Gasteiger partial charge in [-0.1, -0.05) is 45.0 Å². The van der Waals surface area contributed by atoms with Gasteiger partial charge in [-0.15, -0.1) is 0 Å². The van der Waals surface area contributed by atoms with E-state index in [4.69, 9.17) is 10.5 Å².